The van der Waals surface area contributed by atoms with Gasteiger partial charge in [0, 0.05) is 36.7 Å². The first-order valence-electron chi connectivity index (χ1n) is 14.1. The van der Waals surface area contributed by atoms with E-state index in [1.54, 1.807) is 16.9 Å². The Kier molecular flexibility index (Phi) is 8.76. The molecule has 9 nitrogen and oxygen atoms in total. The molecule has 0 bridgehead atoms. The summed E-state index contributed by atoms with van der Waals surface area (Å²) in [6.45, 7) is 2.75. The number of carbonyl (C=O) groups is 2. The molecule has 0 atom stereocenters. The van der Waals surface area contributed by atoms with Crippen molar-refractivity contribution in [3.8, 4) is 11.5 Å². The summed E-state index contributed by atoms with van der Waals surface area (Å²) in [5.41, 5.74) is 3.81. The molecule has 3 heterocycles. The molecule has 10 heteroatoms. The average molecular weight is 597 g/mol. The Hall–Kier alpha value is -4.54. The number of methoxy groups -OCH3 is 1. The van der Waals surface area contributed by atoms with Gasteiger partial charge in [0.25, 0.3) is 11.8 Å². The van der Waals surface area contributed by atoms with E-state index in [1.807, 2.05) is 79.0 Å². The number of aromatic nitrogens is 1. The van der Waals surface area contributed by atoms with Crippen molar-refractivity contribution in [1.82, 2.24) is 14.8 Å². The van der Waals surface area contributed by atoms with Crippen LogP contribution in [0.3, 0.4) is 0 Å². The van der Waals surface area contributed by atoms with Crippen molar-refractivity contribution in [2.24, 2.45) is 4.99 Å². The highest BCUT2D eigenvalue weighted by Crippen LogP contribution is 2.35. The predicted molar refractivity (Wildman–Crippen MR) is 169 cm³/mol. The van der Waals surface area contributed by atoms with Gasteiger partial charge in [-0.2, -0.15) is 0 Å². The number of amidine groups is 1. The number of benzene rings is 3. The van der Waals surface area contributed by atoms with E-state index in [-0.39, 0.29) is 18.4 Å². The van der Waals surface area contributed by atoms with E-state index in [4.69, 9.17) is 19.2 Å². The van der Waals surface area contributed by atoms with Crippen LogP contribution in [0.1, 0.15) is 11.1 Å². The number of morpholine rings is 1. The molecule has 1 aromatic heterocycles. The van der Waals surface area contributed by atoms with Gasteiger partial charge in [0.1, 0.15) is 11.5 Å². The lowest BCUT2D eigenvalue weighted by molar-refractivity contribution is -0.137. The average Bonchev–Trinajstić information content (AvgIpc) is 3.60. The number of amides is 2. The number of para-hydroxylation sites is 1. The number of thioether (sulfide) groups is 1. The molecule has 0 radical (unpaired) electrons. The van der Waals surface area contributed by atoms with E-state index in [9.17, 15) is 9.59 Å². The third-order valence-electron chi connectivity index (χ3n) is 7.37. The van der Waals surface area contributed by atoms with Crippen molar-refractivity contribution in [2.75, 3.05) is 46.6 Å². The van der Waals surface area contributed by atoms with Crippen LogP contribution >= 0.6 is 11.8 Å². The Bertz CT molecular complexity index is 1660. The number of aromatic amines is 1. The van der Waals surface area contributed by atoms with Crippen LogP contribution in [0.5, 0.6) is 11.5 Å². The number of ether oxygens (including phenoxy) is 3. The highest BCUT2D eigenvalue weighted by Gasteiger charge is 2.33. The minimum absolute atomic E-state index is 0.0225. The van der Waals surface area contributed by atoms with Gasteiger partial charge < -0.3 is 24.1 Å². The second kappa shape index (κ2) is 13.2. The SMILES string of the molecule is COc1ccc(N=C2S/C(=C\c3ccc(OCC(=O)N4CCOCC4)cc3)C(=O)N2CCc2c[nH]c3ccccc23)cc1. The van der Waals surface area contributed by atoms with Crippen LogP contribution in [-0.2, 0) is 20.7 Å². The fourth-order valence-corrected chi connectivity index (χ4v) is 6.01. The van der Waals surface area contributed by atoms with Gasteiger partial charge in [-0.15, -0.1) is 0 Å². The van der Waals surface area contributed by atoms with Crippen molar-refractivity contribution in [3.05, 3.63) is 95.0 Å². The van der Waals surface area contributed by atoms with Gasteiger partial charge >= 0.3 is 0 Å². The Morgan fingerprint density at radius 1 is 1.02 bits per heavy atom. The van der Waals surface area contributed by atoms with E-state index in [0.29, 0.717) is 55.1 Å². The summed E-state index contributed by atoms with van der Waals surface area (Å²) in [7, 11) is 1.62. The Balaban J connectivity index is 1.18. The van der Waals surface area contributed by atoms with Gasteiger partial charge in [-0.3, -0.25) is 14.5 Å². The smallest absolute Gasteiger partial charge is 0.266 e. The van der Waals surface area contributed by atoms with Gasteiger partial charge in [-0.1, -0.05) is 30.3 Å². The molecule has 3 aromatic carbocycles. The number of nitrogens with zero attached hydrogens (tertiary/aromatic N) is 3. The maximum atomic E-state index is 13.7. The normalized spacial score (nSPS) is 17.3. The minimum Gasteiger partial charge on any atom is -0.497 e. The van der Waals surface area contributed by atoms with E-state index in [0.717, 1.165) is 33.5 Å². The van der Waals surface area contributed by atoms with Gasteiger partial charge in [-0.05, 0) is 77.9 Å². The monoisotopic (exact) mass is 596 g/mol. The molecule has 4 aromatic rings. The van der Waals surface area contributed by atoms with Gasteiger partial charge in [0.05, 0.1) is 30.9 Å². The highest BCUT2D eigenvalue weighted by molar-refractivity contribution is 8.18. The quantitative estimate of drug-likeness (QED) is 0.265. The molecule has 0 saturated carbocycles. The molecule has 1 N–H and O–H groups in total. The maximum Gasteiger partial charge on any atom is 0.266 e. The maximum absolute atomic E-state index is 13.7. The van der Waals surface area contributed by atoms with Crippen LogP contribution < -0.4 is 9.47 Å². The molecular formula is C33H32N4O5S. The number of rotatable bonds is 9. The van der Waals surface area contributed by atoms with E-state index in [1.165, 1.54) is 11.8 Å². The summed E-state index contributed by atoms with van der Waals surface area (Å²) in [5, 5.41) is 1.78. The number of nitrogens with one attached hydrogen (secondary N) is 1. The lowest BCUT2D eigenvalue weighted by Gasteiger charge is -2.26. The Morgan fingerprint density at radius 3 is 2.53 bits per heavy atom. The van der Waals surface area contributed by atoms with Crippen molar-refractivity contribution < 1.29 is 23.8 Å². The Morgan fingerprint density at radius 2 is 1.77 bits per heavy atom. The van der Waals surface area contributed by atoms with Crippen LogP contribution in [0.4, 0.5) is 5.69 Å². The van der Waals surface area contributed by atoms with Crippen LogP contribution in [0, 0.1) is 0 Å². The summed E-state index contributed by atoms with van der Waals surface area (Å²) in [5.74, 6) is 1.19. The summed E-state index contributed by atoms with van der Waals surface area (Å²) < 4.78 is 16.3. The van der Waals surface area contributed by atoms with Crippen LogP contribution in [0.15, 0.2) is 88.9 Å². The number of fused-ring (bicyclic) bond motifs is 1. The topological polar surface area (TPSA) is 96.5 Å². The first-order valence-corrected chi connectivity index (χ1v) is 15.0. The van der Waals surface area contributed by atoms with Gasteiger partial charge in [0.15, 0.2) is 11.8 Å². The third-order valence-corrected chi connectivity index (χ3v) is 8.38. The number of aliphatic imine (C=N–C) groups is 1. The molecule has 220 valence electrons. The van der Waals surface area contributed by atoms with E-state index >= 15 is 0 Å². The zero-order valence-electron chi connectivity index (χ0n) is 23.8. The second-order valence-corrected chi connectivity index (χ2v) is 11.1. The second-order valence-electron chi connectivity index (χ2n) is 10.1. The van der Waals surface area contributed by atoms with Gasteiger partial charge in [-0.25, -0.2) is 4.99 Å². The third kappa shape index (κ3) is 6.76. The molecule has 0 spiro atoms. The first kappa shape index (κ1) is 28.6. The highest BCUT2D eigenvalue weighted by atomic mass is 32.2. The minimum atomic E-state index is -0.0893. The molecule has 43 heavy (non-hydrogen) atoms. The molecule has 2 aliphatic rings. The Labute approximate surface area is 254 Å². The number of hydrogen-bond donors (Lipinski definition) is 1. The van der Waals surface area contributed by atoms with Gasteiger partial charge in [0.2, 0.25) is 0 Å². The molecule has 0 unspecified atom stereocenters. The summed E-state index contributed by atoms with van der Waals surface area (Å²) >= 11 is 1.36. The standard InChI is InChI=1S/C33H32N4O5S/c1-40-26-12-8-25(9-13-26)35-33-37(15-14-24-21-34-29-5-3-2-4-28(24)29)32(39)30(43-33)20-23-6-10-27(11-7-23)42-22-31(38)36-16-18-41-19-17-36/h2-13,20-21,34H,14-19,22H2,1H3/b30-20-,35-33?. The molecular weight excluding hydrogens is 564 g/mol. The summed E-state index contributed by atoms with van der Waals surface area (Å²) in [6.07, 6.45) is 4.55. The molecule has 6 rings (SSSR count). The van der Waals surface area contributed by atoms with Crippen molar-refractivity contribution in [3.63, 3.8) is 0 Å². The zero-order valence-corrected chi connectivity index (χ0v) is 24.6. The molecule has 2 amide bonds. The molecule has 0 aliphatic carbocycles. The first-order chi connectivity index (χ1) is 21.1. The van der Waals surface area contributed by atoms with Crippen molar-refractivity contribution in [1.29, 1.82) is 0 Å². The molecule has 2 aliphatic heterocycles. The van der Waals surface area contributed by atoms with Crippen LogP contribution in [0.2, 0.25) is 0 Å². The summed E-state index contributed by atoms with van der Waals surface area (Å²) in [6, 6.07) is 23.0. The summed E-state index contributed by atoms with van der Waals surface area (Å²) in [4.78, 5) is 38.3. The van der Waals surface area contributed by atoms with E-state index < -0.39 is 0 Å². The number of hydrogen-bond acceptors (Lipinski definition) is 7. The van der Waals surface area contributed by atoms with E-state index in [2.05, 4.69) is 11.1 Å². The number of H-pyrrole nitrogens is 1. The predicted octanol–water partition coefficient (Wildman–Crippen LogP) is 5.26. The van der Waals surface area contributed by atoms with Crippen LogP contribution in [0.25, 0.3) is 17.0 Å². The molecule has 2 saturated heterocycles. The molecule has 2 fully saturated rings. The van der Waals surface area contributed by atoms with Crippen molar-refractivity contribution in [2.45, 2.75) is 6.42 Å². The fourth-order valence-electron chi connectivity index (χ4n) is 4.99. The lowest BCUT2D eigenvalue weighted by Crippen LogP contribution is -2.42. The van der Waals surface area contributed by atoms with Crippen LogP contribution in [-0.4, -0.2) is 78.3 Å². The largest absolute Gasteiger partial charge is 0.497 e. The lowest BCUT2D eigenvalue weighted by atomic mass is 10.1. The zero-order chi connectivity index (χ0) is 29.6. The fraction of sp³-hybridized carbons (Fsp3) is 0.242. The number of carbonyl (C=O) groups excluding carboxylic acids is 2. The van der Waals surface area contributed by atoms with Crippen molar-refractivity contribution >= 4 is 51.4 Å².